The summed E-state index contributed by atoms with van der Waals surface area (Å²) in [6.45, 7) is 4.05. The molecule has 33 heavy (non-hydrogen) atoms. The van der Waals surface area contributed by atoms with Gasteiger partial charge in [-0.2, -0.15) is 0 Å². The summed E-state index contributed by atoms with van der Waals surface area (Å²) in [5.74, 6) is 1.51. The highest BCUT2D eigenvalue weighted by Gasteiger charge is 2.16. The Morgan fingerprint density at radius 2 is 1.91 bits per heavy atom. The van der Waals surface area contributed by atoms with Crippen molar-refractivity contribution >= 4 is 28.7 Å². The second kappa shape index (κ2) is 10.4. The summed E-state index contributed by atoms with van der Waals surface area (Å²) in [4.78, 5) is 19.6. The predicted octanol–water partition coefficient (Wildman–Crippen LogP) is 3.95. The van der Waals surface area contributed by atoms with Crippen molar-refractivity contribution < 1.29 is 14.3 Å². The van der Waals surface area contributed by atoms with Crippen LogP contribution in [0.2, 0.25) is 0 Å². The molecule has 9 heteroatoms. The summed E-state index contributed by atoms with van der Waals surface area (Å²) in [7, 11) is 4.04. The minimum Gasteiger partial charge on any atom is -0.454 e. The zero-order chi connectivity index (χ0) is 23.2. The molecule has 0 unspecified atom stereocenters. The number of hydrogen-bond donors (Lipinski definition) is 2. The van der Waals surface area contributed by atoms with Crippen LogP contribution < -0.4 is 29.8 Å². The van der Waals surface area contributed by atoms with Crippen LogP contribution in [0.4, 0.5) is 16.2 Å². The van der Waals surface area contributed by atoms with E-state index in [0.717, 1.165) is 45.4 Å². The van der Waals surface area contributed by atoms with Crippen molar-refractivity contribution in [2.45, 2.75) is 19.9 Å². The van der Waals surface area contributed by atoms with E-state index in [1.807, 2.05) is 51.4 Å². The fourth-order valence-corrected chi connectivity index (χ4v) is 4.47. The number of benzene rings is 2. The van der Waals surface area contributed by atoms with Gasteiger partial charge in [0, 0.05) is 50.4 Å². The molecular weight excluding hydrogens is 438 g/mol. The number of ether oxygens (including phenoxy) is 2. The summed E-state index contributed by atoms with van der Waals surface area (Å²) in [6.07, 6.45) is 0.776. The second-order valence-electron chi connectivity index (χ2n) is 7.79. The van der Waals surface area contributed by atoms with Crippen molar-refractivity contribution in [1.82, 2.24) is 15.2 Å². The molecule has 0 saturated heterocycles. The quantitative estimate of drug-likeness (QED) is 0.492. The van der Waals surface area contributed by atoms with Gasteiger partial charge in [0.15, 0.2) is 16.3 Å². The van der Waals surface area contributed by atoms with E-state index in [1.54, 1.807) is 11.3 Å². The van der Waals surface area contributed by atoms with Crippen LogP contribution in [0.3, 0.4) is 0 Å². The number of fused-ring (bicyclic) bond motifs is 1. The van der Waals surface area contributed by atoms with Gasteiger partial charge < -0.3 is 29.6 Å². The topological polar surface area (TPSA) is 80.1 Å². The normalized spacial score (nSPS) is 12.6. The number of carbonyl (C=O) groups is 1. The van der Waals surface area contributed by atoms with Crippen molar-refractivity contribution in [2.24, 2.45) is 4.99 Å². The Hall–Kier alpha value is -3.46. The fourth-order valence-electron chi connectivity index (χ4n) is 3.52. The van der Waals surface area contributed by atoms with E-state index in [9.17, 15) is 4.79 Å². The van der Waals surface area contributed by atoms with Crippen molar-refractivity contribution in [3.05, 3.63) is 52.6 Å². The summed E-state index contributed by atoms with van der Waals surface area (Å²) in [5.41, 5.74) is 4.12. The van der Waals surface area contributed by atoms with Crippen molar-refractivity contribution in [2.75, 3.05) is 38.9 Å². The Kier molecular flexibility index (Phi) is 7.19. The minimum atomic E-state index is -0.144. The summed E-state index contributed by atoms with van der Waals surface area (Å²) in [5, 5.41) is 7.76. The zero-order valence-corrected chi connectivity index (χ0v) is 19.9. The average molecular weight is 468 g/mol. The van der Waals surface area contributed by atoms with E-state index >= 15 is 0 Å². The number of urea groups is 1. The number of hydrogen-bond acceptors (Lipinski definition) is 6. The Morgan fingerprint density at radius 3 is 2.67 bits per heavy atom. The molecule has 2 aromatic carbocycles. The molecule has 8 nitrogen and oxygen atoms in total. The van der Waals surface area contributed by atoms with Crippen LogP contribution in [0.1, 0.15) is 13.3 Å². The number of rotatable bonds is 8. The van der Waals surface area contributed by atoms with Gasteiger partial charge in [-0.15, -0.1) is 11.3 Å². The third-order valence-electron chi connectivity index (χ3n) is 5.24. The molecule has 3 aromatic rings. The molecule has 2 amide bonds. The first-order valence-electron chi connectivity index (χ1n) is 11.0. The lowest BCUT2D eigenvalue weighted by Crippen LogP contribution is -2.36. The van der Waals surface area contributed by atoms with Crippen LogP contribution in [0.25, 0.3) is 11.3 Å². The van der Waals surface area contributed by atoms with Gasteiger partial charge in [0.05, 0.1) is 11.4 Å². The highest BCUT2D eigenvalue weighted by molar-refractivity contribution is 7.07. The van der Waals surface area contributed by atoms with Gasteiger partial charge in [-0.05, 0) is 55.8 Å². The zero-order valence-electron chi connectivity index (χ0n) is 19.1. The first-order valence-corrected chi connectivity index (χ1v) is 11.9. The highest BCUT2D eigenvalue weighted by Crippen LogP contribution is 2.36. The van der Waals surface area contributed by atoms with Crippen LogP contribution in [0.15, 0.2) is 52.8 Å². The van der Waals surface area contributed by atoms with Gasteiger partial charge >= 0.3 is 6.03 Å². The molecular formula is C24H29N5O3S. The Morgan fingerprint density at radius 1 is 1.12 bits per heavy atom. The first-order chi connectivity index (χ1) is 16.0. The molecule has 0 aliphatic carbocycles. The van der Waals surface area contributed by atoms with Gasteiger partial charge in [-0.1, -0.05) is 0 Å². The van der Waals surface area contributed by atoms with Gasteiger partial charge in [0.25, 0.3) is 0 Å². The predicted molar refractivity (Wildman–Crippen MR) is 132 cm³/mol. The summed E-state index contributed by atoms with van der Waals surface area (Å²) in [6, 6.07) is 14.0. The molecule has 4 rings (SSSR count). The SMILES string of the molecule is CCNC(=O)NCCCn1c(-c2ccc3c(c2)OCO3)cs/c1=N\c1ccc(N(C)C)cc1. The van der Waals surface area contributed by atoms with Gasteiger partial charge in [-0.3, -0.25) is 0 Å². The standard InChI is InChI=1S/C24H29N5O3S/c1-4-25-23(30)26-12-5-13-29-20(17-6-11-21-22(14-17)32-16-31-21)15-33-24(29)27-18-7-9-19(10-8-18)28(2)3/h6-11,14-15H,4-5,12-13,16H2,1-3H3,(H2,25,26,30)/b27-24-. The van der Waals surface area contributed by atoms with E-state index in [4.69, 9.17) is 14.5 Å². The van der Waals surface area contributed by atoms with Crippen molar-refractivity contribution in [3.63, 3.8) is 0 Å². The molecule has 0 fully saturated rings. The van der Waals surface area contributed by atoms with Crippen LogP contribution in [0, 0.1) is 0 Å². The molecule has 0 spiro atoms. The van der Waals surface area contributed by atoms with Crippen LogP contribution in [0.5, 0.6) is 11.5 Å². The molecule has 0 saturated carbocycles. The maximum absolute atomic E-state index is 11.7. The van der Waals surface area contributed by atoms with Gasteiger partial charge in [-0.25, -0.2) is 9.79 Å². The molecule has 0 bridgehead atoms. The largest absolute Gasteiger partial charge is 0.454 e. The number of amides is 2. The lowest BCUT2D eigenvalue weighted by molar-refractivity contribution is 0.174. The molecule has 0 radical (unpaired) electrons. The minimum absolute atomic E-state index is 0.144. The van der Waals surface area contributed by atoms with Gasteiger partial charge in [0.2, 0.25) is 6.79 Å². The number of carbonyl (C=O) groups excluding carboxylic acids is 1. The molecule has 0 atom stereocenters. The smallest absolute Gasteiger partial charge is 0.314 e. The van der Waals surface area contributed by atoms with E-state index in [0.29, 0.717) is 19.6 Å². The van der Waals surface area contributed by atoms with Crippen LogP contribution in [-0.2, 0) is 6.54 Å². The fraction of sp³-hybridized carbons (Fsp3) is 0.333. The number of nitrogens with zero attached hydrogens (tertiary/aromatic N) is 3. The van der Waals surface area contributed by atoms with E-state index in [2.05, 4.69) is 37.6 Å². The molecule has 2 N–H and O–H groups in total. The third kappa shape index (κ3) is 5.48. The lowest BCUT2D eigenvalue weighted by atomic mass is 10.1. The Balaban J connectivity index is 1.62. The number of nitrogens with one attached hydrogen (secondary N) is 2. The molecule has 174 valence electrons. The molecule has 1 aliphatic rings. The maximum atomic E-state index is 11.7. The number of thiazole rings is 1. The third-order valence-corrected chi connectivity index (χ3v) is 6.10. The number of aromatic nitrogens is 1. The van der Waals surface area contributed by atoms with Gasteiger partial charge in [0.1, 0.15) is 0 Å². The Labute approximate surface area is 197 Å². The monoisotopic (exact) mass is 467 g/mol. The number of anilines is 1. The molecule has 2 heterocycles. The Bertz CT molecular complexity index is 1170. The van der Waals surface area contributed by atoms with E-state index in [1.165, 1.54) is 0 Å². The van der Waals surface area contributed by atoms with E-state index < -0.39 is 0 Å². The molecule has 1 aromatic heterocycles. The van der Waals surface area contributed by atoms with Crippen molar-refractivity contribution in [3.8, 4) is 22.8 Å². The first kappa shape index (κ1) is 22.7. The molecule has 1 aliphatic heterocycles. The van der Waals surface area contributed by atoms with Crippen LogP contribution >= 0.6 is 11.3 Å². The second-order valence-corrected chi connectivity index (χ2v) is 8.62. The van der Waals surface area contributed by atoms with E-state index in [-0.39, 0.29) is 12.8 Å². The maximum Gasteiger partial charge on any atom is 0.314 e. The summed E-state index contributed by atoms with van der Waals surface area (Å²) < 4.78 is 13.2. The lowest BCUT2D eigenvalue weighted by Gasteiger charge is -2.12. The summed E-state index contributed by atoms with van der Waals surface area (Å²) >= 11 is 1.60. The van der Waals surface area contributed by atoms with Crippen LogP contribution in [-0.4, -0.2) is 44.6 Å². The average Bonchev–Trinajstić information content (AvgIpc) is 3.43. The highest BCUT2D eigenvalue weighted by atomic mass is 32.1. The van der Waals surface area contributed by atoms with Crippen molar-refractivity contribution in [1.29, 1.82) is 0 Å².